The molecule has 0 bridgehead atoms. The molecule has 3 heterocycles. The van der Waals surface area contributed by atoms with E-state index in [1.807, 2.05) is 11.8 Å². The van der Waals surface area contributed by atoms with Gasteiger partial charge in [-0.3, -0.25) is 9.80 Å². The number of likely N-dealkylation sites (tertiary alicyclic amines) is 2. The number of aromatic carboxylic acids is 1. The number of halogens is 5. The number of rotatable bonds is 6. The monoisotopic (exact) mass is 611 g/mol. The zero-order chi connectivity index (χ0) is 30.6. The molecule has 1 aromatic heterocycles. The molecule has 226 valence electrons. The summed E-state index contributed by atoms with van der Waals surface area (Å²) in [5, 5.41) is 10.4. The SMILES string of the molecule is CC1CC(N2CCC(F)(F)C2)CCN1Cc1c(-c2cccc(C(F)(F)F)c2)nc2ccc(S(C)(=O)=O)cc2c1C(=O)O. The normalized spacial score (nSPS) is 22.1. The van der Waals surface area contributed by atoms with Crippen LogP contribution in [0.4, 0.5) is 22.0 Å². The fourth-order valence-electron chi connectivity index (χ4n) is 6.03. The Labute approximate surface area is 239 Å². The van der Waals surface area contributed by atoms with Crippen LogP contribution in [-0.4, -0.2) is 78.2 Å². The standard InChI is InChI=1S/C29H30F5N3O4S/c1-17-12-20(37-11-9-28(30,31)16-37)8-10-36(17)15-23-25(27(38)39)22-14-21(42(2,40)41)6-7-24(22)35-26(23)18-4-3-5-19(13-18)29(32,33)34/h3-7,13-14,17,20H,8-12,15-16H2,1-2H3,(H,38,39). The van der Waals surface area contributed by atoms with Crippen molar-refractivity contribution in [2.75, 3.05) is 25.9 Å². The van der Waals surface area contributed by atoms with E-state index >= 15 is 0 Å². The first-order valence-corrected chi connectivity index (χ1v) is 15.4. The summed E-state index contributed by atoms with van der Waals surface area (Å²) in [4.78, 5) is 21.0. The van der Waals surface area contributed by atoms with Gasteiger partial charge in [0.15, 0.2) is 9.84 Å². The Morgan fingerprint density at radius 2 is 1.88 bits per heavy atom. The first-order chi connectivity index (χ1) is 19.5. The lowest BCUT2D eigenvalue weighted by molar-refractivity contribution is -0.137. The van der Waals surface area contributed by atoms with Crippen LogP contribution in [0.2, 0.25) is 0 Å². The molecule has 5 rings (SSSR count). The van der Waals surface area contributed by atoms with Crippen molar-refractivity contribution in [1.82, 2.24) is 14.8 Å². The number of hydrogen-bond acceptors (Lipinski definition) is 6. The minimum Gasteiger partial charge on any atom is -0.478 e. The molecule has 2 fully saturated rings. The van der Waals surface area contributed by atoms with Crippen LogP contribution in [0.25, 0.3) is 22.2 Å². The van der Waals surface area contributed by atoms with Gasteiger partial charge >= 0.3 is 12.1 Å². The number of carboxylic acids is 1. The number of alkyl halides is 5. The Balaban J connectivity index is 1.61. The molecule has 42 heavy (non-hydrogen) atoms. The fraction of sp³-hybridized carbons (Fsp3) is 0.448. The van der Waals surface area contributed by atoms with Crippen molar-refractivity contribution in [3.63, 3.8) is 0 Å². The lowest BCUT2D eigenvalue weighted by Gasteiger charge is -2.41. The van der Waals surface area contributed by atoms with E-state index in [9.17, 15) is 40.3 Å². The van der Waals surface area contributed by atoms with Crippen molar-refractivity contribution in [3.05, 3.63) is 59.2 Å². The summed E-state index contributed by atoms with van der Waals surface area (Å²) in [5.74, 6) is -4.10. The van der Waals surface area contributed by atoms with E-state index in [1.165, 1.54) is 30.3 Å². The van der Waals surface area contributed by atoms with Gasteiger partial charge < -0.3 is 5.11 Å². The van der Waals surface area contributed by atoms with Gasteiger partial charge in [0.2, 0.25) is 0 Å². The van der Waals surface area contributed by atoms with Crippen LogP contribution < -0.4 is 0 Å². The predicted octanol–water partition coefficient (Wildman–Crippen LogP) is 5.72. The van der Waals surface area contributed by atoms with Crippen molar-refractivity contribution in [2.45, 2.75) is 61.8 Å². The molecule has 2 aliphatic heterocycles. The summed E-state index contributed by atoms with van der Waals surface area (Å²) in [7, 11) is -3.71. The maximum atomic E-state index is 13.8. The number of fused-ring (bicyclic) bond motifs is 1. The molecule has 3 aromatic rings. The molecule has 0 spiro atoms. The average molecular weight is 612 g/mol. The van der Waals surface area contributed by atoms with Gasteiger partial charge in [0.05, 0.1) is 33.8 Å². The molecule has 2 unspecified atom stereocenters. The third-order valence-electron chi connectivity index (χ3n) is 8.23. The van der Waals surface area contributed by atoms with Crippen molar-refractivity contribution in [1.29, 1.82) is 0 Å². The zero-order valence-electron chi connectivity index (χ0n) is 23.0. The van der Waals surface area contributed by atoms with Gasteiger partial charge in [-0.25, -0.2) is 27.0 Å². The smallest absolute Gasteiger partial charge is 0.416 e. The zero-order valence-corrected chi connectivity index (χ0v) is 23.8. The van der Waals surface area contributed by atoms with Crippen LogP contribution in [0.5, 0.6) is 0 Å². The molecular formula is C29H30F5N3O4S. The topological polar surface area (TPSA) is 90.8 Å². The summed E-state index contributed by atoms with van der Waals surface area (Å²) in [6, 6.07) is 8.09. The van der Waals surface area contributed by atoms with Gasteiger partial charge in [0.25, 0.3) is 5.92 Å². The van der Waals surface area contributed by atoms with Crippen LogP contribution >= 0.6 is 0 Å². The second-order valence-electron chi connectivity index (χ2n) is 11.2. The highest BCUT2D eigenvalue weighted by Gasteiger charge is 2.42. The minimum atomic E-state index is -4.64. The summed E-state index contributed by atoms with van der Waals surface area (Å²) in [6.45, 7) is 2.34. The second kappa shape index (κ2) is 10.8. The highest BCUT2D eigenvalue weighted by atomic mass is 32.2. The first kappa shape index (κ1) is 30.3. The Hall–Kier alpha value is -3.16. The van der Waals surface area contributed by atoms with E-state index in [1.54, 1.807) is 4.90 Å². The highest BCUT2D eigenvalue weighted by Crippen LogP contribution is 2.38. The molecular weight excluding hydrogens is 581 g/mol. The summed E-state index contributed by atoms with van der Waals surface area (Å²) >= 11 is 0. The molecule has 0 radical (unpaired) electrons. The number of nitrogens with zero attached hydrogens (tertiary/aromatic N) is 3. The fourth-order valence-corrected chi connectivity index (χ4v) is 6.68. The number of benzene rings is 2. The predicted molar refractivity (Wildman–Crippen MR) is 146 cm³/mol. The van der Waals surface area contributed by atoms with Crippen LogP contribution in [0, 0.1) is 0 Å². The number of carbonyl (C=O) groups is 1. The summed E-state index contributed by atoms with van der Waals surface area (Å²) in [6.07, 6.45) is -2.74. The van der Waals surface area contributed by atoms with E-state index in [0.717, 1.165) is 18.4 Å². The van der Waals surface area contributed by atoms with E-state index in [2.05, 4.69) is 4.98 Å². The highest BCUT2D eigenvalue weighted by molar-refractivity contribution is 7.90. The lowest BCUT2D eigenvalue weighted by Crippen LogP contribution is -2.48. The third-order valence-corrected chi connectivity index (χ3v) is 9.34. The number of pyridine rings is 1. The number of carboxylic acid groups (broad SMARTS) is 1. The maximum absolute atomic E-state index is 13.8. The van der Waals surface area contributed by atoms with Gasteiger partial charge in [-0.2, -0.15) is 13.2 Å². The van der Waals surface area contributed by atoms with Gasteiger partial charge in [-0.15, -0.1) is 0 Å². The molecule has 0 amide bonds. The van der Waals surface area contributed by atoms with Crippen LogP contribution in [0.15, 0.2) is 47.4 Å². The Kier molecular flexibility index (Phi) is 7.82. The average Bonchev–Trinajstić information content (AvgIpc) is 3.27. The Morgan fingerprint density at radius 1 is 1.14 bits per heavy atom. The molecule has 2 atom stereocenters. The first-order valence-electron chi connectivity index (χ1n) is 13.5. The van der Waals surface area contributed by atoms with Crippen molar-refractivity contribution in [2.24, 2.45) is 0 Å². The number of aromatic nitrogens is 1. The molecule has 0 aliphatic carbocycles. The van der Waals surface area contributed by atoms with Crippen molar-refractivity contribution in [3.8, 4) is 11.3 Å². The molecule has 7 nitrogen and oxygen atoms in total. The van der Waals surface area contributed by atoms with Crippen LogP contribution in [-0.2, 0) is 22.6 Å². The molecule has 2 saturated heterocycles. The number of sulfone groups is 1. The van der Waals surface area contributed by atoms with Crippen LogP contribution in [0.1, 0.15) is 47.7 Å². The molecule has 13 heteroatoms. The van der Waals surface area contributed by atoms with Gasteiger partial charge in [0, 0.05) is 60.9 Å². The second-order valence-corrected chi connectivity index (χ2v) is 13.2. The minimum absolute atomic E-state index is 0.00327. The molecule has 0 saturated carbocycles. The third kappa shape index (κ3) is 6.13. The van der Waals surface area contributed by atoms with Gasteiger partial charge in [-0.1, -0.05) is 12.1 Å². The number of hydrogen-bond donors (Lipinski definition) is 1. The molecule has 1 N–H and O–H groups in total. The molecule has 2 aliphatic rings. The number of piperidine rings is 1. The van der Waals surface area contributed by atoms with E-state index in [-0.39, 0.29) is 69.8 Å². The van der Waals surface area contributed by atoms with Crippen molar-refractivity contribution >= 4 is 26.7 Å². The van der Waals surface area contributed by atoms with E-state index in [0.29, 0.717) is 25.9 Å². The van der Waals surface area contributed by atoms with E-state index < -0.39 is 33.5 Å². The van der Waals surface area contributed by atoms with Gasteiger partial charge in [-0.05, 0) is 50.1 Å². The Morgan fingerprint density at radius 3 is 2.48 bits per heavy atom. The quantitative estimate of drug-likeness (QED) is 0.357. The Bertz CT molecular complexity index is 1640. The largest absolute Gasteiger partial charge is 0.478 e. The van der Waals surface area contributed by atoms with E-state index in [4.69, 9.17) is 0 Å². The molecule has 2 aromatic carbocycles. The summed E-state index contributed by atoms with van der Waals surface area (Å²) in [5.41, 5.74) is -0.777. The summed E-state index contributed by atoms with van der Waals surface area (Å²) < 4.78 is 93.1. The maximum Gasteiger partial charge on any atom is 0.416 e. The van der Waals surface area contributed by atoms with Crippen molar-refractivity contribution < 1.29 is 40.3 Å². The van der Waals surface area contributed by atoms with Gasteiger partial charge in [0.1, 0.15) is 0 Å². The lowest BCUT2D eigenvalue weighted by atomic mass is 9.92. The van der Waals surface area contributed by atoms with Crippen LogP contribution in [0.3, 0.4) is 0 Å².